The molecule has 0 bridgehead atoms. The molecule has 94 valence electrons. The van der Waals surface area contributed by atoms with Crippen LogP contribution in [0, 0.1) is 0 Å². The number of ether oxygens (including phenoxy) is 1. The molecule has 1 fully saturated rings. The molecule has 0 spiro atoms. The van der Waals surface area contributed by atoms with E-state index in [-0.39, 0.29) is 13.0 Å². The van der Waals surface area contributed by atoms with E-state index in [0.717, 1.165) is 4.57 Å². The van der Waals surface area contributed by atoms with Crippen LogP contribution in [-0.2, 0) is 4.74 Å². The zero-order valence-electron chi connectivity index (χ0n) is 9.01. The van der Waals surface area contributed by atoms with E-state index in [1.807, 2.05) is 0 Å². The SMILES string of the molecule is O=c1ncccn1[C@@H]1OCC(O)CC(O)C1O. The number of hydrogen-bond donors (Lipinski definition) is 3. The molecule has 0 saturated carbocycles. The smallest absolute Gasteiger partial charge is 0.349 e. The van der Waals surface area contributed by atoms with Crippen molar-refractivity contribution >= 4 is 0 Å². The Morgan fingerprint density at radius 3 is 2.88 bits per heavy atom. The molecule has 1 aliphatic rings. The van der Waals surface area contributed by atoms with Gasteiger partial charge in [0, 0.05) is 18.8 Å². The first kappa shape index (κ1) is 12.2. The van der Waals surface area contributed by atoms with E-state index < -0.39 is 30.2 Å². The molecule has 1 aliphatic heterocycles. The minimum absolute atomic E-state index is 0.00663. The van der Waals surface area contributed by atoms with Gasteiger partial charge < -0.3 is 20.1 Å². The second kappa shape index (κ2) is 4.92. The van der Waals surface area contributed by atoms with E-state index in [9.17, 15) is 20.1 Å². The van der Waals surface area contributed by atoms with Crippen molar-refractivity contribution in [1.29, 1.82) is 0 Å². The van der Waals surface area contributed by atoms with Crippen LogP contribution in [-0.4, -0.2) is 49.8 Å². The van der Waals surface area contributed by atoms with E-state index in [4.69, 9.17) is 4.74 Å². The minimum Gasteiger partial charge on any atom is -0.391 e. The maximum absolute atomic E-state index is 11.5. The van der Waals surface area contributed by atoms with Crippen LogP contribution in [0.25, 0.3) is 0 Å². The largest absolute Gasteiger partial charge is 0.391 e. The standard InChI is InChI=1S/C10H14N2O5/c13-6-4-7(14)8(15)9(17-5-6)12-3-1-2-11-10(12)16/h1-3,6-9,13-15H,4-5H2/t6?,7?,8?,9-/m1/s1. The molecule has 1 aromatic rings. The third-order valence-corrected chi connectivity index (χ3v) is 2.67. The van der Waals surface area contributed by atoms with Crippen molar-refractivity contribution in [2.75, 3.05) is 6.61 Å². The molecule has 0 aliphatic carbocycles. The first-order chi connectivity index (χ1) is 8.09. The topological polar surface area (TPSA) is 105 Å². The number of hydrogen-bond acceptors (Lipinski definition) is 6. The third kappa shape index (κ3) is 2.52. The Morgan fingerprint density at radius 1 is 1.41 bits per heavy atom. The van der Waals surface area contributed by atoms with E-state index in [1.54, 1.807) is 0 Å². The maximum atomic E-state index is 11.5. The van der Waals surface area contributed by atoms with Crippen LogP contribution in [0.15, 0.2) is 23.3 Å². The van der Waals surface area contributed by atoms with Crippen molar-refractivity contribution in [3.8, 4) is 0 Å². The van der Waals surface area contributed by atoms with Gasteiger partial charge in [0.2, 0.25) is 0 Å². The van der Waals surface area contributed by atoms with Crippen molar-refractivity contribution in [1.82, 2.24) is 9.55 Å². The lowest BCUT2D eigenvalue weighted by molar-refractivity contribution is -0.111. The van der Waals surface area contributed by atoms with Gasteiger partial charge in [0.15, 0.2) is 6.23 Å². The van der Waals surface area contributed by atoms with E-state index in [2.05, 4.69) is 4.98 Å². The lowest BCUT2D eigenvalue weighted by atomic mass is 10.1. The van der Waals surface area contributed by atoms with E-state index >= 15 is 0 Å². The highest BCUT2D eigenvalue weighted by Gasteiger charge is 2.34. The second-order valence-corrected chi connectivity index (χ2v) is 3.98. The maximum Gasteiger partial charge on any atom is 0.349 e. The van der Waals surface area contributed by atoms with Crippen LogP contribution in [0.5, 0.6) is 0 Å². The fraction of sp³-hybridized carbons (Fsp3) is 0.600. The summed E-state index contributed by atoms with van der Waals surface area (Å²) in [5.41, 5.74) is -0.583. The summed E-state index contributed by atoms with van der Waals surface area (Å²) in [6.07, 6.45) is -1.59. The Bertz CT molecular complexity index is 435. The van der Waals surface area contributed by atoms with Crippen LogP contribution < -0.4 is 5.69 Å². The van der Waals surface area contributed by atoms with Crippen LogP contribution in [0.3, 0.4) is 0 Å². The summed E-state index contributed by atoms with van der Waals surface area (Å²) in [7, 11) is 0. The molecule has 1 saturated heterocycles. The summed E-state index contributed by atoms with van der Waals surface area (Å²) < 4.78 is 6.32. The van der Waals surface area contributed by atoms with E-state index in [0.29, 0.717) is 0 Å². The van der Waals surface area contributed by atoms with Gasteiger partial charge in [-0.05, 0) is 6.07 Å². The minimum atomic E-state index is -1.28. The van der Waals surface area contributed by atoms with Gasteiger partial charge in [-0.25, -0.2) is 9.78 Å². The molecule has 0 aromatic carbocycles. The molecule has 17 heavy (non-hydrogen) atoms. The van der Waals surface area contributed by atoms with Crippen molar-refractivity contribution in [3.63, 3.8) is 0 Å². The highest BCUT2D eigenvalue weighted by atomic mass is 16.5. The fourth-order valence-electron chi connectivity index (χ4n) is 1.79. The molecule has 3 N–H and O–H groups in total. The van der Waals surface area contributed by atoms with Crippen molar-refractivity contribution in [2.45, 2.75) is 31.0 Å². The molecule has 1 aromatic heterocycles. The van der Waals surface area contributed by atoms with Crippen LogP contribution in [0.1, 0.15) is 12.6 Å². The van der Waals surface area contributed by atoms with Gasteiger partial charge in [-0.1, -0.05) is 0 Å². The van der Waals surface area contributed by atoms with Crippen LogP contribution in [0.4, 0.5) is 0 Å². The van der Waals surface area contributed by atoms with Gasteiger partial charge in [-0.2, -0.15) is 0 Å². The highest BCUT2D eigenvalue weighted by molar-refractivity contribution is 4.88. The molecule has 3 unspecified atom stereocenters. The summed E-state index contributed by atoms with van der Waals surface area (Å²) in [6, 6.07) is 1.52. The van der Waals surface area contributed by atoms with Gasteiger partial charge in [0.05, 0.1) is 18.8 Å². The van der Waals surface area contributed by atoms with Gasteiger partial charge in [-0.3, -0.25) is 4.57 Å². The quantitative estimate of drug-likeness (QED) is 0.539. The zero-order valence-corrected chi connectivity index (χ0v) is 9.01. The molecule has 0 amide bonds. The molecule has 2 heterocycles. The predicted molar refractivity (Wildman–Crippen MR) is 56.1 cm³/mol. The molecule has 2 rings (SSSR count). The molecular weight excluding hydrogens is 228 g/mol. The number of aromatic nitrogens is 2. The van der Waals surface area contributed by atoms with Gasteiger partial charge >= 0.3 is 5.69 Å². The first-order valence-corrected chi connectivity index (χ1v) is 5.28. The Balaban J connectivity index is 2.31. The molecular formula is C10H14N2O5. The highest BCUT2D eigenvalue weighted by Crippen LogP contribution is 2.21. The zero-order chi connectivity index (χ0) is 12.4. The van der Waals surface area contributed by atoms with E-state index in [1.165, 1.54) is 18.5 Å². The average molecular weight is 242 g/mol. The fourth-order valence-corrected chi connectivity index (χ4v) is 1.79. The number of nitrogens with zero attached hydrogens (tertiary/aromatic N) is 2. The summed E-state index contributed by atoms with van der Waals surface area (Å²) in [4.78, 5) is 15.0. The predicted octanol–water partition coefficient (Wildman–Crippen LogP) is -1.76. The number of aliphatic hydroxyl groups excluding tert-OH is 3. The van der Waals surface area contributed by atoms with Gasteiger partial charge in [-0.15, -0.1) is 0 Å². The lowest BCUT2D eigenvalue weighted by Gasteiger charge is -2.24. The third-order valence-electron chi connectivity index (χ3n) is 2.67. The normalized spacial score (nSPS) is 34.3. The summed E-state index contributed by atoms with van der Waals surface area (Å²) in [5.74, 6) is 0. The Kier molecular flexibility index (Phi) is 3.53. The summed E-state index contributed by atoms with van der Waals surface area (Å²) in [6.45, 7) is -0.0554. The Hall–Kier alpha value is -1.28. The average Bonchev–Trinajstić information content (AvgIpc) is 2.41. The van der Waals surface area contributed by atoms with Gasteiger partial charge in [0.1, 0.15) is 6.10 Å². The Morgan fingerprint density at radius 2 is 2.18 bits per heavy atom. The Labute approximate surface area is 96.9 Å². The molecule has 4 atom stereocenters. The van der Waals surface area contributed by atoms with Crippen molar-refractivity contribution in [2.24, 2.45) is 0 Å². The number of aliphatic hydroxyl groups is 3. The summed E-state index contributed by atoms with van der Waals surface area (Å²) >= 11 is 0. The van der Waals surface area contributed by atoms with Crippen molar-refractivity contribution < 1.29 is 20.1 Å². The first-order valence-electron chi connectivity index (χ1n) is 5.28. The molecule has 7 nitrogen and oxygen atoms in total. The monoisotopic (exact) mass is 242 g/mol. The molecule has 0 radical (unpaired) electrons. The lowest BCUT2D eigenvalue weighted by Crippen LogP contribution is -2.39. The van der Waals surface area contributed by atoms with Gasteiger partial charge in [0.25, 0.3) is 0 Å². The summed E-state index contributed by atoms with van der Waals surface area (Å²) in [5, 5.41) is 28.9. The number of rotatable bonds is 1. The molecule has 7 heteroatoms. The van der Waals surface area contributed by atoms with Crippen LogP contribution >= 0.6 is 0 Å². The van der Waals surface area contributed by atoms with Crippen molar-refractivity contribution in [3.05, 3.63) is 28.9 Å². The second-order valence-electron chi connectivity index (χ2n) is 3.98. The van der Waals surface area contributed by atoms with Crippen LogP contribution in [0.2, 0.25) is 0 Å².